The number of ether oxygens (including phenoxy) is 1. The van der Waals surface area contributed by atoms with Gasteiger partial charge in [0.2, 0.25) is 0 Å². The lowest BCUT2D eigenvalue weighted by atomic mass is 10.2. The molecular formula is C13H16N2OS. The molecule has 2 heterocycles. The number of aromatic nitrogens is 1. The molecule has 2 rings (SSSR count). The Labute approximate surface area is 105 Å². The largest absolute Gasteiger partial charge is 0.495 e. The number of anilines is 1. The van der Waals surface area contributed by atoms with Gasteiger partial charge in [-0.15, -0.1) is 11.3 Å². The van der Waals surface area contributed by atoms with Gasteiger partial charge in [-0.25, -0.2) is 4.98 Å². The molecule has 2 aromatic heterocycles. The van der Waals surface area contributed by atoms with E-state index in [-0.39, 0.29) is 6.04 Å². The van der Waals surface area contributed by atoms with E-state index in [1.54, 1.807) is 13.3 Å². The highest BCUT2D eigenvalue weighted by Crippen LogP contribution is 2.25. The summed E-state index contributed by atoms with van der Waals surface area (Å²) in [5, 5.41) is 3.37. The van der Waals surface area contributed by atoms with Crippen LogP contribution in [-0.4, -0.2) is 12.1 Å². The molecule has 17 heavy (non-hydrogen) atoms. The van der Waals surface area contributed by atoms with E-state index in [9.17, 15) is 0 Å². The summed E-state index contributed by atoms with van der Waals surface area (Å²) < 4.78 is 5.07. The van der Waals surface area contributed by atoms with Crippen molar-refractivity contribution < 1.29 is 4.74 Å². The van der Waals surface area contributed by atoms with Gasteiger partial charge in [-0.1, -0.05) is 0 Å². The quantitative estimate of drug-likeness (QED) is 0.897. The molecule has 2 aromatic rings. The molecule has 0 fully saturated rings. The van der Waals surface area contributed by atoms with Crippen LogP contribution < -0.4 is 10.1 Å². The maximum atomic E-state index is 5.07. The summed E-state index contributed by atoms with van der Waals surface area (Å²) >= 11 is 1.81. The molecule has 3 nitrogen and oxygen atoms in total. The number of pyridine rings is 1. The van der Waals surface area contributed by atoms with Gasteiger partial charge in [-0.3, -0.25) is 0 Å². The molecular weight excluding hydrogens is 232 g/mol. The highest BCUT2D eigenvalue weighted by molar-refractivity contribution is 7.12. The summed E-state index contributed by atoms with van der Waals surface area (Å²) in [7, 11) is 1.64. The zero-order chi connectivity index (χ0) is 12.3. The van der Waals surface area contributed by atoms with Crippen LogP contribution in [0.5, 0.6) is 5.75 Å². The van der Waals surface area contributed by atoms with Gasteiger partial charge < -0.3 is 10.1 Å². The fraction of sp³-hybridized carbons (Fsp3) is 0.308. The van der Waals surface area contributed by atoms with Gasteiger partial charge in [-0.05, 0) is 38.1 Å². The highest BCUT2D eigenvalue weighted by Gasteiger charge is 2.07. The molecule has 1 unspecified atom stereocenters. The Hall–Kier alpha value is -1.55. The lowest BCUT2D eigenvalue weighted by Gasteiger charge is -2.12. The third kappa shape index (κ3) is 2.97. The molecule has 0 bridgehead atoms. The molecule has 0 aliphatic carbocycles. The molecule has 0 aliphatic rings. The lowest BCUT2D eigenvalue weighted by molar-refractivity contribution is 0.413. The van der Waals surface area contributed by atoms with Gasteiger partial charge in [0, 0.05) is 9.75 Å². The predicted octanol–water partition coefficient (Wildman–Crippen LogP) is 3.63. The van der Waals surface area contributed by atoms with E-state index >= 15 is 0 Å². The summed E-state index contributed by atoms with van der Waals surface area (Å²) in [6, 6.07) is 8.40. The Morgan fingerprint density at radius 1 is 1.29 bits per heavy atom. The summed E-state index contributed by atoms with van der Waals surface area (Å²) in [6.07, 6.45) is 1.72. The van der Waals surface area contributed by atoms with Gasteiger partial charge in [0.15, 0.2) is 0 Å². The van der Waals surface area contributed by atoms with Crippen LogP contribution in [0.25, 0.3) is 0 Å². The molecule has 0 saturated carbocycles. The minimum atomic E-state index is 0.273. The topological polar surface area (TPSA) is 34.1 Å². The molecule has 0 saturated heterocycles. The summed E-state index contributed by atoms with van der Waals surface area (Å²) in [6.45, 7) is 4.25. The van der Waals surface area contributed by atoms with Crippen LogP contribution in [0.2, 0.25) is 0 Å². The van der Waals surface area contributed by atoms with Crippen LogP contribution in [0.4, 0.5) is 5.82 Å². The first-order chi connectivity index (χ1) is 8.19. The van der Waals surface area contributed by atoms with Crippen molar-refractivity contribution >= 4 is 17.2 Å². The van der Waals surface area contributed by atoms with E-state index in [1.165, 1.54) is 9.75 Å². The fourth-order valence-electron chi connectivity index (χ4n) is 1.57. The van der Waals surface area contributed by atoms with Gasteiger partial charge in [-0.2, -0.15) is 0 Å². The third-order valence-electron chi connectivity index (χ3n) is 2.52. The first-order valence-electron chi connectivity index (χ1n) is 5.52. The van der Waals surface area contributed by atoms with Crippen LogP contribution in [0.1, 0.15) is 22.7 Å². The number of methoxy groups -OCH3 is 1. The average molecular weight is 248 g/mol. The summed E-state index contributed by atoms with van der Waals surface area (Å²) in [5.41, 5.74) is 0. The summed E-state index contributed by atoms with van der Waals surface area (Å²) in [4.78, 5) is 6.94. The molecule has 1 N–H and O–H groups in total. The zero-order valence-corrected chi connectivity index (χ0v) is 11.0. The predicted molar refractivity (Wildman–Crippen MR) is 71.9 cm³/mol. The molecule has 1 atom stereocenters. The van der Waals surface area contributed by atoms with E-state index in [4.69, 9.17) is 4.74 Å². The second-order valence-electron chi connectivity index (χ2n) is 3.90. The van der Waals surface area contributed by atoms with Crippen molar-refractivity contribution in [1.82, 2.24) is 4.98 Å². The zero-order valence-electron chi connectivity index (χ0n) is 10.2. The Bertz CT molecular complexity index is 478. The Kier molecular flexibility index (Phi) is 3.64. The van der Waals surface area contributed by atoms with Crippen molar-refractivity contribution in [2.75, 3.05) is 12.4 Å². The molecule has 0 spiro atoms. The molecule has 90 valence electrons. The van der Waals surface area contributed by atoms with Crippen molar-refractivity contribution in [1.29, 1.82) is 0 Å². The molecule has 0 aromatic carbocycles. The van der Waals surface area contributed by atoms with Crippen LogP contribution >= 0.6 is 11.3 Å². The fourth-order valence-corrected chi connectivity index (χ4v) is 2.45. The van der Waals surface area contributed by atoms with Crippen LogP contribution in [0, 0.1) is 6.92 Å². The monoisotopic (exact) mass is 248 g/mol. The maximum absolute atomic E-state index is 5.07. The van der Waals surface area contributed by atoms with Gasteiger partial charge >= 0.3 is 0 Å². The molecule has 4 heteroatoms. The van der Waals surface area contributed by atoms with Crippen LogP contribution in [-0.2, 0) is 0 Å². The summed E-state index contributed by atoms with van der Waals surface area (Å²) in [5.74, 6) is 1.64. The van der Waals surface area contributed by atoms with E-state index in [0.29, 0.717) is 0 Å². The number of nitrogens with zero attached hydrogens (tertiary/aromatic N) is 1. The standard InChI is InChI=1S/C13H16N2OS/c1-9-4-6-12(17-9)10(2)15-13-7-5-11(16-3)8-14-13/h4-8,10H,1-3H3,(H,14,15). The van der Waals surface area contributed by atoms with E-state index < -0.39 is 0 Å². The van der Waals surface area contributed by atoms with E-state index in [0.717, 1.165) is 11.6 Å². The smallest absolute Gasteiger partial charge is 0.137 e. The molecule has 0 amide bonds. The van der Waals surface area contributed by atoms with Crippen LogP contribution in [0.3, 0.4) is 0 Å². The van der Waals surface area contributed by atoms with Gasteiger partial charge in [0.1, 0.15) is 11.6 Å². The van der Waals surface area contributed by atoms with Gasteiger partial charge in [0.25, 0.3) is 0 Å². The second-order valence-corrected chi connectivity index (χ2v) is 5.22. The highest BCUT2D eigenvalue weighted by atomic mass is 32.1. The number of hydrogen-bond donors (Lipinski definition) is 1. The Morgan fingerprint density at radius 2 is 2.12 bits per heavy atom. The number of nitrogens with one attached hydrogen (secondary N) is 1. The third-order valence-corrected chi connectivity index (χ3v) is 3.71. The van der Waals surface area contributed by atoms with Crippen molar-refractivity contribution in [3.8, 4) is 5.75 Å². The van der Waals surface area contributed by atoms with Gasteiger partial charge in [0.05, 0.1) is 19.3 Å². The van der Waals surface area contributed by atoms with Crippen LogP contribution in [0.15, 0.2) is 30.5 Å². The Balaban J connectivity index is 2.04. The van der Waals surface area contributed by atoms with E-state index in [1.807, 2.05) is 23.5 Å². The number of rotatable bonds is 4. The van der Waals surface area contributed by atoms with E-state index in [2.05, 4.69) is 36.3 Å². The number of thiophene rings is 1. The van der Waals surface area contributed by atoms with Crippen molar-refractivity contribution in [2.24, 2.45) is 0 Å². The molecule has 0 radical (unpaired) electrons. The lowest BCUT2D eigenvalue weighted by Crippen LogP contribution is -2.06. The van der Waals surface area contributed by atoms with Crippen molar-refractivity contribution in [3.63, 3.8) is 0 Å². The first-order valence-corrected chi connectivity index (χ1v) is 6.33. The molecule has 0 aliphatic heterocycles. The maximum Gasteiger partial charge on any atom is 0.137 e. The SMILES string of the molecule is COc1ccc(NC(C)c2ccc(C)s2)nc1. The van der Waals surface area contributed by atoms with Crippen molar-refractivity contribution in [2.45, 2.75) is 19.9 Å². The number of hydrogen-bond acceptors (Lipinski definition) is 4. The number of aryl methyl sites for hydroxylation is 1. The minimum Gasteiger partial charge on any atom is -0.495 e. The minimum absolute atomic E-state index is 0.273. The van der Waals surface area contributed by atoms with Crippen molar-refractivity contribution in [3.05, 3.63) is 40.2 Å². The Morgan fingerprint density at radius 3 is 2.65 bits per heavy atom. The first kappa shape index (κ1) is 11.9. The normalized spacial score (nSPS) is 12.2. The second kappa shape index (κ2) is 5.19. The average Bonchev–Trinajstić information content (AvgIpc) is 2.77.